The van der Waals surface area contributed by atoms with Gasteiger partial charge in [-0.15, -0.1) is 0 Å². The SMILES string of the molecule is Cc1ccccc1N1c2cc(-n3c4ccccc4c4ccccc43)cc3c2B2c4c(cc5oc6ccccc6c5c41)OC1=Cc4oc5ccccc5c4C(N3c3ccccc3C)C21C. The normalized spacial score (nSPS) is 18.0. The van der Waals surface area contributed by atoms with Crippen LogP contribution in [0, 0.1) is 13.8 Å². The Morgan fingerprint density at radius 2 is 1.14 bits per heavy atom. The Bertz CT molecular complexity index is 3870. The number of anilines is 5. The van der Waals surface area contributed by atoms with Crippen LogP contribution in [0.3, 0.4) is 0 Å². The number of aryl methyl sites for hydroxylation is 2. The molecule has 15 rings (SSSR count). The standard InChI is InChI=1S/C57H38BN3O3/c1-32-16-4-10-22-39(32)60-43-28-34(59-41-24-12-6-18-35(41)36-19-7-13-25-42(36)59)29-44-53(43)58-54-49(30-47-51(55(54)60)37-20-8-14-26-45(37)62-47)64-50-31-48-52(38-21-9-15-27-46(38)63-48)56(57(50,58)3)61(44)40-23-11-5-17-33(40)2/h4-31,56H,1-3H3. The molecule has 7 heteroatoms. The van der Waals surface area contributed by atoms with E-state index in [1.165, 1.54) is 55.1 Å². The number of fused-ring (bicyclic) bond motifs is 11. The molecule has 2 unspecified atom stereocenters. The van der Waals surface area contributed by atoms with Crippen molar-refractivity contribution in [1.82, 2.24) is 4.57 Å². The zero-order valence-electron chi connectivity index (χ0n) is 35.4. The van der Waals surface area contributed by atoms with Gasteiger partial charge in [-0.3, -0.25) is 0 Å². The number of benzene rings is 8. The van der Waals surface area contributed by atoms with Crippen molar-refractivity contribution in [3.63, 3.8) is 0 Å². The molecule has 0 spiro atoms. The predicted molar refractivity (Wildman–Crippen MR) is 262 cm³/mol. The molecule has 6 nitrogen and oxygen atoms in total. The first kappa shape index (κ1) is 34.7. The highest BCUT2D eigenvalue weighted by Gasteiger charge is 2.65. The second-order valence-electron chi connectivity index (χ2n) is 18.3. The Morgan fingerprint density at radius 3 is 1.86 bits per heavy atom. The second-order valence-corrected chi connectivity index (χ2v) is 18.3. The third-order valence-corrected chi connectivity index (χ3v) is 15.0. The van der Waals surface area contributed by atoms with Crippen LogP contribution in [0.4, 0.5) is 28.4 Å². The molecule has 3 aliphatic heterocycles. The van der Waals surface area contributed by atoms with Crippen LogP contribution >= 0.6 is 0 Å². The number of hydrogen-bond donors (Lipinski definition) is 0. The monoisotopic (exact) mass is 823 g/mol. The average molecular weight is 824 g/mol. The van der Waals surface area contributed by atoms with Crippen LogP contribution in [0.2, 0.25) is 5.31 Å². The van der Waals surface area contributed by atoms with E-state index in [2.05, 4.69) is 205 Å². The molecule has 0 saturated carbocycles. The van der Waals surface area contributed by atoms with Crippen molar-refractivity contribution in [3.05, 3.63) is 192 Å². The van der Waals surface area contributed by atoms with E-state index >= 15 is 0 Å². The van der Waals surface area contributed by atoms with Crippen LogP contribution in [-0.2, 0) is 0 Å². The highest BCUT2D eigenvalue weighted by molar-refractivity contribution is 6.94. The minimum Gasteiger partial charge on any atom is -0.462 e. The highest BCUT2D eigenvalue weighted by Crippen LogP contribution is 2.67. The highest BCUT2D eigenvalue weighted by atomic mass is 16.5. The molecule has 302 valence electrons. The summed E-state index contributed by atoms with van der Waals surface area (Å²) in [5.41, 5.74) is 17.7. The molecule has 8 aromatic carbocycles. The lowest BCUT2D eigenvalue weighted by atomic mass is 9.21. The Labute approximate surface area is 368 Å². The van der Waals surface area contributed by atoms with Gasteiger partial charge in [-0.25, -0.2) is 0 Å². The van der Waals surface area contributed by atoms with E-state index in [-0.39, 0.29) is 12.8 Å². The fraction of sp³-hybridized carbons (Fsp3) is 0.0877. The van der Waals surface area contributed by atoms with Crippen molar-refractivity contribution in [2.24, 2.45) is 0 Å². The largest absolute Gasteiger partial charge is 0.462 e. The molecule has 0 bridgehead atoms. The number of ether oxygens (including phenoxy) is 1. The summed E-state index contributed by atoms with van der Waals surface area (Å²) in [6, 6.07) is 59.2. The van der Waals surface area contributed by atoms with Gasteiger partial charge in [0, 0.05) is 67.3 Å². The van der Waals surface area contributed by atoms with Gasteiger partial charge < -0.3 is 27.9 Å². The van der Waals surface area contributed by atoms with E-state index < -0.39 is 5.31 Å². The van der Waals surface area contributed by atoms with E-state index in [0.717, 1.165) is 78.6 Å². The Hall–Kier alpha value is -7.90. The summed E-state index contributed by atoms with van der Waals surface area (Å²) >= 11 is 0. The molecule has 2 atom stereocenters. The van der Waals surface area contributed by atoms with E-state index in [0.29, 0.717) is 0 Å². The summed E-state index contributed by atoms with van der Waals surface area (Å²) in [5.74, 6) is 2.55. The van der Waals surface area contributed by atoms with E-state index in [4.69, 9.17) is 13.6 Å². The number of rotatable bonds is 3. The smallest absolute Gasteiger partial charge is 0.239 e. The van der Waals surface area contributed by atoms with Gasteiger partial charge in [0.05, 0.1) is 33.8 Å². The summed E-state index contributed by atoms with van der Waals surface area (Å²) in [6.07, 6.45) is 2.19. The molecular formula is C57H38BN3O3. The molecule has 6 heterocycles. The molecule has 3 aromatic heterocycles. The van der Waals surface area contributed by atoms with Gasteiger partial charge >= 0.3 is 0 Å². The molecule has 1 aliphatic carbocycles. The molecule has 4 aliphatic rings. The summed E-state index contributed by atoms with van der Waals surface area (Å²) in [7, 11) is 0. The van der Waals surface area contributed by atoms with Crippen LogP contribution < -0.4 is 25.5 Å². The minimum atomic E-state index is -0.592. The Morgan fingerprint density at radius 1 is 0.547 bits per heavy atom. The van der Waals surface area contributed by atoms with Crippen molar-refractivity contribution in [2.75, 3.05) is 9.80 Å². The van der Waals surface area contributed by atoms with Gasteiger partial charge in [-0.1, -0.05) is 116 Å². The number of para-hydroxylation sites is 6. The van der Waals surface area contributed by atoms with Crippen molar-refractivity contribution in [1.29, 1.82) is 0 Å². The van der Waals surface area contributed by atoms with Gasteiger partial charge in [-0.05, 0) is 84.4 Å². The number of nitrogens with zero attached hydrogens (tertiary/aromatic N) is 3. The summed E-state index contributed by atoms with van der Waals surface area (Å²) in [4.78, 5) is 5.20. The van der Waals surface area contributed by atoms with Crippen molar-refractivity contribution in [2.45, 2.75) is 32.1 Å². The van der Waals surface area contributed by atoms with Crippen molar-refractivity contribution >= 4 is 107 Å². The van der Waals surface area contributed by atoms with E-state index in [1.807, 2.05) is 0 Å². The van der Waals surface area contributed by atoms with Crippen LogP contribution in [0.5, 0.6) is 5.75 Å². The molecule has 0 radical (unpaired) electrons. The first-order valence-corrected chi connectivity index (χ1v) is 22.2. The molecule has 0 amide bonds. The number of aromatic nitrogens is 1. The lowest BCUT2D eigenvalue weighted by Gasteiger charge is -2.59. The van der Waals surface area contributed by atoms with Crippen LogP contribution in [0.25, 0.3) is 66.5 Å². The Kier molecular flexibility index (Phi) is 6.48. The molecule has 11 aromatic rings. The lowest BCUT2D eigenvalue weighted by Crippen LogP contribution is -2.67. The maximum absolute atomic E-state index is 7.45. The van der Waals surface area contributed by atoms with Crippen LogP contribution in [0.1, 0.15) is 35.4 Å². The summed E-state index contributed by atoms with van der Waals surface area (Å²) in [5, 5.41) is 5.17. The van der Waals surface area contributed by atoms with Gasteiger partial charge in [0.1, 0.15) is 34.0 Å². The van der Waals surface area contributed by atoms with Gasteiger partial charge in [0.25, 0.3) is 0 Å². The van der Waals surface area contributed by atoms with Gasteiger partial charge in [0.15, 0.2) is 0 Å². The molecule has 0 fully saturated rings. The zero-order chi connectivity index (χ0) is 42.2. The molecule has 64 heavy (non-hydrogen) atoms. The topological polar surface area (TPSA) is 46.9 Å². The fourth-order valence-electron chi connectivity index (χ4n) is 12.4. The predicted octanol–water partition coefficient (Wildman–Crippen LogP) is 13.8. The third-order valence-electron chi connectivity index (χ3n) is 15.0. The molecule has 0 saturated heterocycles. The molecule has 0 N–H and O–H groups in total. The average Bonchev–Trinajstić information content (AvgIpc) is 3.99. The van der Waals surface area contributed by atoms with E-state index in [9.17, 15) is 0 Å². The quantitative estimate of drug-likeness (QED) is 0.166. The van der Waals surface area contributed by atoms with E-state index in [1.54, 1.807) is 0 Å². The summed E-state index contributed by atoms with van der Waals surface area (Å²) in [6.45, 7) is 6.81. The van der Waals surface area contributed by atoms with Crippen molar-refractivity contribution in [3.8, 4) is 11.4 Å². The van der Waals surface area contributed by atoms with Crippen LogP contribution in [-0.4, -0.2) is 11.3 Å². The first-order valence-electron chi connectivity index (χ1n) is 22.2. The maximum atomic E-state index is 7.45. The lowest BCUT2D eigenvalue weighted by molar-refractivity contribution is 0.326. The second kappa shape index (κ2) is 12.0. The maximum Gasteiger partial charge on any atom is 0.239 e. The van der Waals surface area contributed by atoms with Gasteiger partial charge in [-0.2, -0.15) is 0 Å². The Balaban J connectivity index is 1.19. The number of hydrogen-bond acceptors (Lipinski definition) is 5. The third kappa shape index (κ3) is 4.13. The van der Waals surface area contributed by atoms with Crippen LogP contribution in [0.15, 0.2) is 178 Å². The first-order chi connectivity index (χ1) is 31.5. The minimum absolute atomic E-state index is 0.111. The summed E-state index contributed by atoms with van der Waals surface area (Å²) < 4.78 is 23.6. The van der Waals surface area contributed by atoms with Crippen molar-refractivity contribution < 1.29 is 13.6 Å². The molecular weight excluding hydrogens is 785 g/mol. The van der Waals surface area contributed by atoms with Gasteiger partial charge in [0.2, 0.25) is 6.71 Å². The fourth-order valence-corrected chi connectivity index (χ4v) is 12.4. The zero-order valence-corrected chi connectivity index (χ0v) is 35.4. The number of furan rings is 2.